The van der Waals surface area contributed by atoms with E-state index >= 15 is 0 Å². The zero-order chi connectivity index (χ0) is 20.4. The standard InChI is InChI=1S/C19H29N7O3/c1-4-28-19(27)13-5-9-25(10-6-13)14-7-11-26(12-8-14)18-17(24(2)3)20-15-16(21-18)23-29-22-15/h13-14H,4-12H2,1-3H3. The zero-order valence-electron chi connectivity index (χ0n) is 17.4. The molecular weight excluding hydrogens is 374 g/mol. The second-order valence-corrected chi connectivity index (χ2v) is 7.96. The molecule has 0 aliphatic carbocycles. The van der Waals surface area contributed by atoms with E-state index in [2.05, 4.69) is 30.1 Å². The third kappa shape index (κ3) is 4.12. The van der Waals surface area contributed by atoms with E-state index in [9.17, 15) is 4.79 Å². The topological polar surface area (TPSA) is 101 Å². The van der Waals surface area contributed by atoms with Crippen LogP contribution in [0.2, 0.25) is 0 Å². The summed E-state index contributed by atoms with van der Waals surface area (Å²) in [5.74, 6) is 1.64. The van der Waals surface area contributed by atoms with Crippen molar-refractivity contribution in [3.05, 3.63) is 0 Å². The number of hydrogen-bond donors (Lipinski definition) is 0. The van der Waals surface area contributed by atoms with Gasteiger partial charge in [-0.05, 0) is 56.0 Å². The third-order valence-corrected chi connectivity index (χ3v) is 5.93. The largest absolute Gasteiger partial charge is 0.466 e. The smallest absolute Gasteiger partial charge is 0.309 e. The minimum absolute atomic E-state index is 0.0329. The molecule has 4 heterocycles. The molecule has 0 bridgehead atoms. The molecule has 2 aliphatic rings. The Hall–Kier alpha value is -2.49. The molecule has 0 atom stereocenters. The molecule has 2 aliphatic heterocycles. The first-order chi connectivity index (χ1) is 14.1. The average molecular weight is 403 g/mol. The predicted octanol–water partition coefficient (Wildman–Crippen LogP) is 1.32. The molecule has 0 radical (unpaired) electrons. The van der Waals surface area contributed by atoms with Crippen molar-refractivity contribution in [2.75, 3.05) is 56.7 Å². The Morgan fingerprint density at radius 3 is 2.34 bits per heavy atom. The lowest BCUT2D eigenvalue weighted by atomic mass is 9.93. The Kier molecular flexibility index (Phi) is 5.79. The molecule has 0 spiro atoms. The van der Waals surface area contributed by atoms with Gasteiger partial charge in [-0.3, -0.25) is 4.79 Å². The first kappa shape index (κ1) is 19.8. The number of likely N-dealkylation sites (tertiary alicyclic amines) is 1. The molecule has 158 valence electrons. The molecule has 10 heteroatoms. The summed E-state index contributed by atoms with van der Waals surface area (Å²) in [6.45, 7) is 6.08. The molecule has 29 heavy (non-hydrogen) atoms. The van der Waals surface area contributed by atoms with E-state index in [4.69, 9.17) is 9.37 Å². The number of anilines is 2. The fourth-order valence-electron chi connectivity index (χ4n) is 4.34. The molecule has 2 aromatic heterocycles. The first-order valence-electron chi connectivity index (χ1n) is 10.4. The predicted molar refractivity (Wildman–Crippen MR) is 108 cm³/mol. The number of carbonyl (C=O) groups is 1. The highest BCUT2D eigenvalue weighted by Crippen LogP contribution is 2.30. The maximum atomic E-state index is 12.0. The highest BCUT2D eigenvalue weighted by Gasteiger charge is 2.32. The molecular formula is C19H29N7O3. The van der Waals surface area contributed by atoms with Gasteiger partial charge in [0.05, 0.1) is 12.5 Å². The van der Waals surface area contributed by atoms with Crippen LogP contribution < -0.4 is 9.80 Å². The van der Waals surface area contributed by atoms with Gasteiger partial charge in [0, 0.05) is 33.2 Å². The lowest BCUT2D eigenvalue weighted by molar-refractivity contribution is -0.149. The summed E-state index contributed by atoms with van der Waals surface area (Å²) in [5.41, 5.74) is 0.866. The molecule has 2 saturated heterocycles. The second-order valence-electron chi connectivity index (χ2n) is 7.96. The summed E-state index contributed by atoms with van der Waals surface area (Å²) < 4.78 is 9.96. The molecule has 4 rings (SSSR count). The van der Waals surface area contributed by atoms with Gasteiger partial charge in [-0.25, -0.2) is 14.6 Å². The SMILES string of the molecule is CCOC(=O)C1CCN(C2CCN(c3nc4nonc4nc3N(C)C)CC2)CC1. The van der Waals surface area contributed by atoms with Crippen LogP contribution in [-0.2, 0) is 9.53 Å². The third-order valence-electron chi connectivity index (χ3n) is 5.93. The number of ether oxygens (including phenoxy) is 1. The summed E-state index contributed by atoms with van der Waals surface area (Å²) in [7, 11) is 3.90. The average Bonchev–Trinajstić information content (AvgIpc) is 3.21. The number of carbonyl (C=O) groups excluding carboxylic acids is 1. The molecule has 0 unspecified atom stereocenters. The summed E-state index contributed by atoms with van der Waals surface area (Å²) in [5, 5.41) is 7.65. The van der Waals surface area contributed by atoms with Crippen LogP contribution in [0.15, 0.2) is 4.63 Å². The Morgan fingerprint density at radius 1 is 1.07 bits per heavy atom. The van der Waals surface area contributed by atoms with E-state index < -0.39 is 0 Å². The Labute approximate surface area is 170 Å². The summed E-state index contributed by atoms with van der Waals surface area (Å²) >= 11 is 0. The van der Waals surface area contributed by atoms with Gasteiger partial charge in [-0.1, -0.05) is 0 Å². The molecule has 2 aromatic rings. The summed E-state index contributed by atoms with van der Waals surface area (Å²) in [4.78, 5) is 27.9. The van der Waals surface area contributed by atoms with Crippen molar-refractivity contribution in [2.24, 2.45) is 5.92 Å². The molecule has 10 nitrogen and oxygen atoms in total. The minimum atomic E-state index is -0.0329. The maximum absolute atomic E-state index is 12.0. The maximum Gasteiger partial charge on any atom is 0.309 e. The van der Waals surface area contributed by atoms with Crippen LogP contribution in [0.1, 0.15) is 32.6 Å². The van der Waals surface area contributed by atoms with Crippen LogP contribution in [0.5, 0.6) is 0 Å². The number of nitrogens with zero attached hydrogens (tertiary/aromatic N) is 7. The Morgan fingerprint density at radius 2 is 1.72 bits per heavy atom. The number of hydrogen-bond acceptors (Lipinski definition) is 10. The fraction of sp³-hybridized carbons (Fsp3) is 0.737. The van der Waals surface area contributed by atoms with Crippen LogP contribution in [0, 0.1) is 5.92 Å². The van der Waals surface area contributed by atoms with Crippen molar-refractivity contribution in [3.63, 3.8) is 0 Å². The molecule has 0 saturated carbocycles. The highest BCUT2D eigenvalue weighted by atomic mass is 16.6. The van der Waals surface area contributed by atoms with Crippen LogP contribution in [0.25, 0.3) is 11.3 Å². The van der Waals surface area contributed by atoms with E-state index in [1.54, 1.807) is 0 Å². The van der Waals surface area contributed by atoms with Crippen LogP contribution >= 0.6 is 0 Å². The van der Waals surface area contributed by atoms with Gasteiger partial charge in [0.1, 0.15) is 0 Å². The summed E-state index contributed by atoms with van der Waals surface area (Å²) in [6, 6.07) is 0.544. The van der Waals surface area contributed by atoms with E-state index in [-0.39, 0.29) is 11.9 Å². The van der Waals surface area contributed by atoms with Crippen LogP contribution in [0.3, 0.4) is 0 Å². The number of piperidine rings is 2. The lowest BCUT2D eigenvalue weighted by Gasteiger charge is -2.42. The quantitative estimate of drug-likeness (QED) is 0.679. The van der Waals surface area contributed by atoms with Crippen molar-refractivity contribution >= 4 is 28.9 Å². The summed E-state index contributed by atoms with van der Waals surface area (Å²) in [6.07, 6.45) is 3.91. The normalized spacial score (nSPS) is 19.6. The first-order valence-corrected chi connectivity index (χ1v) is 10.4. The monoisotopic (exact) mass is 403 g/mol. The van der Waals surface area contributed by atoms with Crippen molar-refractivity contribution in [3.8, 4) is 0 Å². The molecule has 0 N–H and O–H groups in total. The van der Waals surface area contributed by atoms with Crippen molar-refractivity contribution in [2.45, 2.75) is 38.6 Å². The Balaban J connectivity index is 1.37. The van der Waals surface area contributed by atoms with E-state index in [1.165, 1.54) is 0 Å². The number of fused-ring (bicyclic) bond motifs is 1. The molecule has 0 aromatic carbocycles. The van der Waals surface area contributed by atoms with E-state index in [1.807, 2.05) is 25.9 Å². The van der Waals surface area contributed by atoms with Crippen LogP contribution in [-0.4, -0.2) is 84.1 Å². The lowest BCUT2D eigenvalue weighted by Crippen LogP contribution is -2.48. The van der Waals surface area contributed by atoms with Gasteiger partial charge >= 0.3 is 5.97 Å². The second kappa shape index (κ2) is 8.48. The van der Waals surface area contributed by atoms with Gasteiger partial charge in [0.2, 0.25) is 11.3 Å². The van der Waals surface area contributed by atoms with E-state index in [0.29, 0.717) is 23.9 Å². The van der Waals surface area contributed by atoms with E-state index in [0.717, 1.165) is 63.5 Å². The van der Waals surface area contributed by atoms with Gasteiger partial charge in [0.25, 0.3) is 0 Å². The Bertz CT molecular complexity index is 839. The number of esters is 1. The van der Waals surface area contributed by atoms with Crippen LogP contribution in [0.4, 0.5) is 11.6 Å². The van der Waals surface area contributed by atoms with Crippen molar-refractivity contribution < 1.29 is 14.2 Å². The van der Waals surface area contributed by atoms with Gasteiger partial charge in [0.15, 0.2) is 11.6 Å². The highest BCUT2D eigenvalue weighted by molar-refractivity contribution is 5.74. The number of aromatic nitrogens is 4. The number of rotatable bonds is 5. The molecule has 0 amide bonds. The zero-order valence-corrected chi connectivity index (χ0v) is 17.4. The fourth-order valence-corrected chi connectivity index (χ4v) is 4.34. The van der Waals surface area contributed by atoms with Gasteiger partial charge < -0.3 is 19.4 Å². The minimum Gasteiger partial charge on any atom is -0.466 e. The van der Waals surface area contributed by atoms with Crippen molar-refractivity contribution in [1.82, 2.24) is 25.2 Å². The van der Waals surface area contributed by atoms with Gasteiger partial charge in [-0.15, -0.1) is 0 Å². The van der Waals surface area contributed by atoms with Crippen molar-refractivity contribution in [1.29, 1.82) is 0 Å². The molecule has 2 fully saturated rings. The van der Waals surface area contributed by atoms with Gasteiger partial charge in [-0.2, -0.15) is 0 Å².